The van der Waals surface area contributed by atoms with Crippen LogP contribution in [-0.4, -0.2) is 4.68 Å². The van der Waals surface area contributed by atoms with E-state index in [1.807, 2.05) is 0 Å². The number of rotatable bonds is 2. The van der Waals surface area contributed by atoms with Crippen LogP contribution in [-0.2, 0) is 7.05 Å². The summed E-state index contributed by atoms with van der Waals surface area (Å²) in [7, 11) is 2.11. The van der Waals surface area contributed by atoms with E-state index in [1.165, 1.54) is 44.3 Å². The highest BCUT2D eigenvalue weighted by Crippen LogP contribution is 2.30. The van der Waals surface area contributed by atoms with Crippen molar-refractivity contribution >= 4 is 21.7 Å². The third-order valence-corrected chi connectivity index (χ3v) is 5.59. The molecule has 0 atom stereocenters. The van der Waals surface area contributed by atoms with E-state index >= 15 is 0 Å². The van der Waals surface area contributed by atoms with Gasteiger partial charge < -0.3 is 0 Å². The average molecular weight is 365 g/mol. The summed E-state index contributed by atoms with van der Waals surface area (Å²) in [6.45, 7) is 4.38. The number of aromatic nitrogens is 3. The zero-order chi connectivity index (χ0) is 19.3. The van der Waals surface area contributed by atoms with E-state index in [4.69, 9.17) is 0 Å². The highest BCUT2D eigenvalue weighted by Gasteiger charge is 2.24. The molecule has 3 heteroatoms. The monoisotopic (exact) mass is 365 g/mol. The lowest BCUT2D eigenvalue weighted by Crippen LogP contribution is -2.39. The smallest absolute Gasteiger partial charge is 0.164 e. The zero-order valence-electron chi connectivity index (χ0n) is 16.4. The summed E-state index contributed by atoms with van der Waals surface area (Å²) in [5.74, 6) is 0. The van der Waals surface area contributed by atoms with Gasteiger partial charge in [0.15, 0.2) is 18.9 Å². The van der Waals surface area contributed by atoms with Crippen molar-refractivity contribution in [3.63, 3.8) is 0 Å². The van der Waals surface area contributed by atoms with Crippen LogP contribution in [0.2, 0.25) is 0 Å². The van der Waals surface area contributed by atoms with E-state index in [0.29, 0.717) is 0 Å². The van der Waals surface area contributed by atoms with Gasteiger partial charge in [-0.25, -0.2) is 0 Å². The largest absolute Gasteiger partial charge is 0.216 e. The molecule has 0 amide bonds. The van der Waals surface area contributed by atoms with Gasteiger partial charge in [-0.1, -0.05) is 42.5 Å². The first-order valence-corrected chi connectivity index (χ1v) is 9.62. The molecule has 0 aliphatic carbocycles. The quantitative estimate of drug-likeness (QED) is 0.409. The first-order valence-electron chi connectivity index (χ1n) is 9.62. The highest BCUT2D eigenvalue weighted by molar-refractivity contribution is 5.95. The van der Waals surface area contributed by atoms with Gasteiger partial charge in [0, 0.05) is 30.5 Å². The van der Waals surface area contributed by atoms with Crippen molar-refractivity contribution in [1.82, 2.24) is 4.68 Å². The maximum atomic E-state index is 2.33. The Labute approximate surface area is 164 Å². The second kappa shape index (κ2) is 6.31. The fourth-order valence-electron chi connectivity index (χ4n) is 4.24. The third kappa shape index (κ3) is 2.43. The predicted octanol–water partition coefficient (Wildman–Crippen LogP) is 4.50. The Hall–Kier alpha value is -3.46. The van der Waals surface area contributed by atoms with Gasteiger partial charge in [0.05, 0.1) is 10.9 Å². The van der Waals surface area contributed by atoms with Crippen LogP contribution in [0.4, 0.5) is 0 Å². The SMILES string of the molecule is Cc1c(-[n+]2ccccc2C)cc2ccccc2c1-n1c2ccccc2c[n+]1C. The van der Waals surface area contributed by atoms with Crippen LogP contribution in [0.15, 0.2) is 85.2 Å². The van der Waals surface area contributed by atoms with E-state index in [2.05, 4.69) is 120 Å². The summed E-state index contributed by atoms with van der Waals surface area (Å²) in [5, 5.41) is 3.74. The topological polar surface area (TPSA) is 12.7 Å². The van der Waals surface area contributed by atoms with Crippen molar-refractivity contribution in [2.24, 2.45) is 7.05 Å². The molecule has 0 saturated heterocycles. The maximum Gasteiger partial charge on any atom is 0.216 e. The highest BCUT2D eigenvalue weighted by atomic mass is 15.4. The molecule has 0 aliphatic heterocycles. The third-order valence-electron chi connectivity index (χ3n) is 5.59. The molecule has 5 aromatic rings. The van der Waals surface area contributed by atoms with Gasteiger partial charge in [-0.15, -0.1) is 9.36 Å². The standard InChI is InChI=1S/C25H23N3/c1-18-10-8-9-15-27(18)24-16-20-11-4-6-13-22(20)25(19(24)2)28-23-14-7-5-12-21(23)17-26(28)3/h4-17H,1-3H3/q+2. The lowest BCUT2D eigenvalue weighted by atomic mass is 10.0. The van der Waals surface area contributed by atoms with E-state index in [0.717, 1.165) is 0 Å². The molecule has 0 radical (unpaired) electrons. The van der Waals surface area contributed by atoms with Gasteiger partial charge in [0.2, 0.25) is 11.9 Å². The average Bonchev–Trinajstić information content (AvgIpc) is 3.04. The number of fused-ring (bicyclic) bond motifs is 2. The normalized spacial score (nSPS) is 11.4. The number of hydrogen-bond acceptors (Lipinski definition) is 0. The van der Waals surface area contributed by atoms with Gasteiger partial charge in [-0.2, -0.15) is 4.57 Å². The van der Waals surface area contributed by atoms with Crippen LogP contribution in [0.3, 0.4) is 0 Å². The molecule has 0 unspecified atom stereocenters. The van der Waals surface area contributed by atoms with Crippen LogP contribution in [0.1, 0.15) is 11.3 Å². The predicted molar refractivity (Wildman–Crippen MR) is 113 cm³/mol. The molecule has 0 saturated carbocycles. The first kappa shape index (κ1) is 16.7. The van der Waals surface area contributed by atoms with Crippen LogP contribution in [0.5, 0.6) is 0 Å². The van der Waals surface area contributed by atoms with Gasteiger partial charge in [-0.05, 0) is 24.4 Å². The summed E-state index contributed by atoms with van der Waals surface area (Å²) in [6, 6.07) is 25.8. The molecule has 0 N–H and O–H groups in total. The lowest BCUT2D eigenvalue weighted by molar-refractivity contribution is -0.741. The van der Waals surface area contributed by atoms with Crippen LogP contribution in [0, 0.1) is 13.8 Å². The van der Waals surface area contributed by atoms with Crippen molar-refractivity contribution in [1.29, 1.82) is 0 Å². The number of pyridine rings is 1. The van der Waals surface area contributed by atoms with Crippen molar-refractivity contribution in [3.05, 3.63) is 96.4 Å². The minimum Gasteiger partial charge on any atom is -0.164 e. The molecule has 3 aromatic carbocycles. The number of aryl methyl sites for hydroxylation is 2. The minimum atomic E-state index is 1.21. The van der Waals surface area contributed by atoms with E-state index in [-0.39, 0.29) is 0 Å². The van der Waals surface area contributed by atoms with Gasteiger partial charge >= 0.3 is 0 Å². The second-order valence-electron chi connectivity index (χ2n) is 7.38. The Morgan fingerprint density at radius 3 is 2.32 bits per heavy atom. The minimum absolute atomic E-state index is 1.21. The van der Waals surface area contributed by atoms with Crippen molar-refractivity contribution in [2.75, 3.05) is 0 Å². The van der Waals surface area contributed by atoms with E-state index in [9.17, 15) is 0 Å². The molecule has 5 rings (SSSR count). The fourth-order valence-corrected chi connectivity index (χ4v) is 4.24. The molecule has 2 aromatic heterocycles. The van der Waals surface area contributed by atoms with Crippen molar-refractivity contribution in [3.8, 4) is 11.4 Å². The second-order valence-corrected chi connectivity index (χ2v) is 7.38. The van der Waals surface area contributed by atoms with Crippen LogP contribution < -0.4 is 9.25 Å². The number of benzene rings is 3. The molecule has 28 heavy (non-hydrogen) atoms. The van der Waals surface area contributed by atoms with E-state index < -0.39 is 0 Å². The maximum absolute atomic E-state index is 2.33. The number of hydrogen-bond donors (Lipinski definition) is 0. The van der Waals surface area contributed by atoms with E-state index in [1.54, 1.807) is 0 Å². The molecule has 2 heterocycles. The number of nitrogens with zero attached hydrogens (tertiary/aromatic N) is 3. The van der Waals surface area contributed by atoms with Gasteiger partial charge in [0.25, 0.3) is 0 Å². The summed E-state index contributed by atoms with van der Waals surface area (Å²) >= 11 is 0. The Bertz CT molecular complexity index is 1350. The van der Waals surface area contributed by atoms with Crippen LogP contribution in [0.25, 0.3) is 33.1 Å². The molecule has 3 nitrogen and oxygen atoms in total. The molecular formula is C25H23N3+2. The Balaban J connectivity index is 1.95. The van der Waals surface area contributed by atoms with Crippen LogP contribution >= 0.6 is 0 Å². The number of para-hydroxylation sites is 1. The molecule has 0 bridgehead atoms. The summed E-state index contributed by atoms with van der Waals surface area (Å²) in [6.07, 6.45) is 4.33. The lowest BCUT2D eigenvalue weighted by Gasteiger charge is -2.13. The molecular weight excluding hydrogens is 342 g/mol. The fraction of sp³-hybridized carbons (Fsp3) is 0.120. The molecule has 0 aliphatic rings. The summed E-state index contributed by atoms with van der Waals surface area (Å²) < 4.78 is 6.79. The molecule has 0 fully saturated rings. The summed E-state index contributed by atoms with van der Waals surface area (Å²) in [5.41, 5.74) is 6.13. The Morgan fingerprint density at radius 2 is 1.50 bits per heavy atom. The first-order chi connectivity index (χ1) is 13.6. The molecule has 0 spiro atoms. The molecule has 136 valence electrons. The summed E-state index contributed by atoms with van der Waals surface area (Å²) in [4.78, 5) is 0. The van der Waals surface area contributed by atoms with Crippen molar-refractivity contribution in [2.45, 2.75) is 13.8 Å². The zero-order valence-corrected chi connectivity index (χ0v) is 16.4. The van der Waals surface area contributed by atoms with Gasteiger partial charge in [-0.3, -0.25) is 0 Å². The Morgan fingerprint density at radius 1 is 0.786 bits per heavy atom. The Kier molecular flexibility index (Phi) is 3.76. The van der Waals surface area contributed by atoms with Crippen molar-refractivity contribution < 1.29 is 9.25 Å². The van der Waals surface area contributed by atoms with Gasteiger partial charge in [0.1, 0.15) is 11.2 Å².